The Morgan fingerprint density at radius 3 is 2.94 bits per heavy atom. The fourth-order valence-corrected chi connectivity index (χ4v) is 2.06. The molecule has 0 saturated carbocycles. The molecule has 18 heavy (non-hydrogen) atoms. The smallest absolute Gasteiger partial charge is 0.305 e. The van der Waals surface area contributed by atoms with Gasteiger partial charge in [0.15, 0.2) is 0 Å². The second kappa shape index (κ2) is 5.00. The van der Waals surface area contributed by atoms with E-state index in [0.29, 0.717) is 5.16 Å². The number of hydrogen-bond donors (Lipinski definition) is 2. The molecule has 1 heterocycles. The molecule has 0 saturated heterocycles. The molecule has 2 aromatic rings. The van der Waals surface area contributed by atoms with Crippen LogP contribution in [0.1, 0.15) is 5.56 Å². The van der Waals surface area contributed by atoms with Crippen LogP contribution in [-0.2, 0) is 5.75 Å². The van der Waals surface area contributed by atoms with Crippen molar-refractivity contribution in [3.63, 3.8) is 0 Å². The van der Waals surface area contributed by atoms with Gasteiger partial charge in [-0.3, -0.25) is 10.1 Å². The first-order valence-corrected chi connectivity index (χ1v) is 5.79. The number of nitrogen functional groups attached to an aromatic ring is 1. The summed E-state index contributed by atoms with van der Waals surface area (Å²) in [5.41, 5.74) is 5.02. The monoisotopic (exact) mass is 269 g/mol. The zero-order valence-corrected chi connectivity index (χ0v) is 9.78. The molecule has 3 N–H and O–H groups in total. The minimum atomic E-state index is -0.835. The van der Waals surface area contributed by atoms with Crippen molar-refractivity contribution in [3.05, 3.63) is 39.7 Å². The molecule has 0 aliphatic heterocycles. The van der Waals surface area contributed by atoms with Crippen LogP contribution in [0.3, 0.4) is 0 Å². The highest BCUT2D eigenvalue weighted by atomic mass is 32.2. The van der Waals surface area contributed by atoms with Crippen LogP contribution in [0.4, 0.5) is 16.0 Å². The third kappa shape index (κ3) is 2.56. The number of nitrogens with one attached hydrogen (secondary N) is 1. The lowest BCUT2D eigenvalue weighted by Crippen LogP contribution is -1.96. The quantitative estimate of drug-likeness (QED) is 0.496. The van der Waals surface area contributed by atoms with E-state index in [1.807, 2.05) is 0 Å². The van der Waals surface area contributed by atoms with Crippen molar-refractivity contribution in [1.82, 2.24) is 15.2 Å². The summed E-state index contributed by atoms with van der Waals surface area (Å²) in [5.74, 6) is -0.485. The Bertz CT molecular complexity index is 588. The average Bonchev–Trinajstić information content (AvgIpc) is 2.73. The Morgan fingerprint density at radius 2 is 2.33 bits per heavy atom. The van der Waals surface area contributed by atoms with Crippen molar-refractivity contribution in [2.24, 2.45) is 0 Å². The molecular weight excluding hydrogens is 261 g/mol. The minimum absolute atomic E-state index is 0.164. The molecular formula is C9H8FN5O2S. The van der Waals surface area contributed by atoms with Gasteiger partial charge in [-0.1, -0.05) is 23.9 Å². The molecule has 7 nitrogen and oxygen atoms in total. The molecule has 0 radical (unpaired) electrons. The number of H-pyrrole nitrogens is 1. The Hall–Kier alpha value is -2.16. The predicted molar refractivity (Wildman–Crippen MR) is 63.4 cm³/mol. The fourth-order valence-electron chi connectivity index (χ4n) is 1.28. The number of nitrogens with two attached hydrogens (primary N) is 1. The van der Waals surface area contributed by atoms with Gasteiger partial charge in [-0.15, -0.1) is 5.10 Å². The first kappa shape index (κ1) is 12.3. The number of thioether (sulfide) groups is 1. The van der Waals surface area contributed by atoms with Gasteiger partial charge in [-0.05, 0) is 0 Å². The van der Waals surface area contributed by atoms with Gasteiger partial charge < -0.3 is 5.73 Å². The lowest BCUT2D eigenvalue weighted by Gasteiger charge is -2.01. The molecule has 0 unspecified atom stereocenters. The van der Waals surface area contributed by atoms with Crippen molar-refractivity contribution in [2.75, 3.05) is 5.73 Å². The molecule has 9 heteroatoms. The van der Waals surface area contributed by atoms with Crippen LogP contribution in [0.2, 0.25) is 0 Å². The number of halogens is 1. The van der Waals surface area contributed by atoms with E-state index >= 15 is 0 Å². The van der Waals surface area contributed by atoms with Crippen molar-refractivity contribution in [1.29, 1.82) is 0 Å². The van der Waals surface area contributed by atoms with E-state index in [1.54, 1.807) is 0 Å². The maximum absolute atomic E-state index is 13.7. The van der Waals surface area contributed by atoms with Gasteiger partial charge in [0.2, 0.25) is 16.9 Å². The molecule has 0 bridgehead atoms. The van der Waals surface area contributed by atoms with Crippen LogP contribution < -0.4 is 5.73 Å². The van der Waals surface area contributed by atoms with Crippen molar-refractivity contribution >= 4 is 23.4 Å². The number of rotatable bonds is 4. The van der Waals surface area contributed by atoms with Gasteiger partial charge in [0.05, 0.1) is 4.92 Å². The maximum atomic E-state index is 13.7. The van der Waals surface area contributed by atoms with Crippen LogP contribution >= 0.6 is 11.8 Å². The highest BCUT2D eigenvalue weighted by molar-refractivity contribution is 7.98. The lowest BCUT2D eigenvalue weighted by atomic mass is 10.2. The van der Waals surface area contributed by atoms with E-state index in [9.17, 15) is 14.5 Å². The van der Waals surface area contributed by atoms with Crippen molar-refractivity contribution < 1.29 is 9.31 Å². The van der Waals surface area contributed by atoms with E-state index in [2.05, 4.69) is 15.2 Å². The van der Waals surface area contributed by atoms with E-state index in [-0.39, 0.29) is 17.3 Å². The third-order valence-electron chi connectivity index (χ3n) is 2.09. The summed E-state index contributed by atoms with van der Waals surface area (Å²) in [6.07, 6.45) is 0. The second-order valence-corrected chi connectivity index (χ2v) is 4.24. The number of nitro groups is 1. The Kier molecular flexibility index (Phi) is 3.42. The van der Waals surface area contributed by atoms with Gasteiger partial charge >= 0.3 is 5.69 Å². The van der Waals surface area contributed by atoms with E-state index in [1.165, 1.54) is 12.1 Å². The van der Waals surface area contributed by atoms with Gasteiger partial charge in [-0.2, -0.15) is 9.37 Å². The Balaban J connectivity index is 2.14. The summed E-state index contributed by atoms with van der Waals surface area (Å²) in [5, 5.41) is 17.1. The fraction of sp³-hybridized carbons (Fsp3) is 0.111. The second-order valence-electron chi connectivity index (χ2n) is 3.30. The van der Waals surface area contributed by atoms with Crippen molar-refractivity contribution in [3.8, 4) is 0 Å². The molecule has 1 aromatic heterocycles. The molecule has 1 aromatic carbocycles. The van der Waals surface area contributed by atoms with Gasteiger partial charge in [0, 0.05) is 17.4 Å². The van der Waals surface area contributed by atoms with E-state index < -0.39 is 16.4 Å². The normalized spacial score (nSPS) is 10.5. The number of nitro benzene ring substituents is 1. The molecule has 0 aliphatic carbocycles. The molecule has 0 aliphatic rings. The summed E-state index contributed by atoms with van der Waals surface area (Å²) in [6, 6.07) is 4.03. The highest BCUT2D eigenvalue weighted by Crippen LogP contribution is 2.25. The summed E-state index contributed by atoms with van der Waals surface area (Å²) in [4.78, 5) is 13.6. The summed E-state index contributed by atoms with van der Waals surface area (Å²) < 4.78 is 13.7. The number of aromatic amines is 1. The molecule has 2 rings (SSSR count). The third-order valence-corrected chi connectivity index (χ3v) is 2.99. The first-order chi connectivity index (χ1) is 8.58. The SMILES string of the molecule is Nc1nc(SCc2cccc([N+](=O)[O-])c2F)n[nH]1. The molecule has 0 spiro atoms. The predicted octanol–water partition coefficient (Wildman–Crippen LogP) is 1.73. The number of nitrogens with zero attached hydrogens (tertiary/aromatic N) is 3. The summed E-state index contributed by atoms with van der Waals surface area (Å²) in [7, 11) is 0. The van der Waals surface area contributed by atoms with Crippen LogP contribution in [0, 0.1) is 15.9 Å². The number of benzene rings is 1. The highest BCUT2D eigenvalue weighted by Gasteiger charge is 2.17. The summed E-state index contributed by atoms with van der Waals surface area (Å²) >= 11 is 1.13. The number of hydrogen-bond acceptors (Lipinski definition) is 6. The van der Waals surface area contributed by atoms with Crippen LogP contribution in [0.25, 0.3) is 0 Å². The average molecular weight is 269 g/mol. The summed E-state index contributed by atoms with van der Waals surface area (Å²) in [6.45, 7) is 0. The zero-order valence-electron chi connectivity index (χ0n) is 8.96. The zero-order chi connectivity index (χ0) is 13.1. The molecule has 94 valence electrons. The molecule has 0 fully saturated rings. The minimum Gasteiger partial charge on any atom is -0.368 e. The van der Waals surface area contributed by atoms with Gasteiger partial charge in [0.25, 0.3) is 0 Å². The Morgan fingerprint density at radius 1 is 1.56 bits per heavy atom. The van der Waals surface area contributed by atoms with Crippen molar-refractivity contribution in [2.45, 2.75) is 10.9 Å². The Labute approximate surface area is 105 Å². The first-order valence-electron chi connectivity index (χ1n) is 4.80. The molecule has 0 atom stereocenters. The van der Waals surface area contributed by atoms with Crippen LogP contribution in [-0.4, -0.2) is 20.1 Å². The van der Waals surface area contributed by atoms with Gasteiger partial charge in [-0.25, -0.2) is 5.10 Å². The van der Waals surface area contributed by atoms with Gasteiger partial charge in [0.1, 0.15) is 0 Å². The lowest BCUT2D eigenvalue weighted by molar-refractivity contribution is -0.387. The topological polar surface area (TPSA) is 111 Å². The number of aromatic nitrogens is 3. The van der Waals surface area contributed by atoms with E-state index in [0.717, 1.165) is 17.8 Å². The van der Waals surface area contributed by atoms with Crippen LogP contribution in [0.5, 0.6) is 0 Å². The molecule has 0 amide bonds. The van der Waals surface area contributed by atoms with Crippen LogP contribution in [0.15, 0.2) is 23.4 Å². The largest absolute Gasteiger partial charge is 0.368 e. The maximum Gasteiger partial charge on any atom is 0.305 e. The van der Waals surface area contributed by atoms with E-state index in [4.69, 9.17) is 5.73 Å². The standard InChI is InChI=1S/C9H8FN5O2S/c10-7-5(2-1-3-6(7)15(16)17)4-18-9-12-8(11)13-14-9/h1-3H,4H2,(H3,11,12,13,14). The number of anilines is 1.